The molecule has 0 fully saturated rings. The summed E-state index contributed by atoms with van der Waals surface area (Å²) in [5.41, 5.74) is 4.08. The summed E-state index contributed by atoms with van der Waals surface area (Å²) < 4.78 is 6.43. The molecular weight excluding hydrogens is 428 g/mol. The number of carbonyl (C=O) groups is 1. The summed E-state index contributed by atoms with van der Waals surface area (Å²) in [5, 5.41) is 0. The summed E-state index contributed by atoms with van der Waals surface area (Å²) in [6.45, 7) is 2.54. The molecule has 4 nitrogen and oxygen atoms in total. The van der Waals surface area contributed by atoms with E-state index >= 15 is 0 Å². The van der Waals surface area contributed by atoms with Crippen molar-refractivity contribution < 1.29 is 9.53 Å². The van der Waals surface area contributed by atoms with Crippen molar-refractivity contribution in [3.63, 3.8) is 0 Å². The molecule has 0 unspecified atom stereocenters. The Morgan fingerprint density at radius 3 is 2.62 bits per heavy atom. The highest BCUT2D eigenvalue weighted by Gasteiger charge is 2.30. The van der Waals surface area contributed by atoms with Gasteiger partial charge in [-0.15, -0.1) is 0 Å². The minimum absolute atomic E-state index is 0.0816. The van der Waals surface area contributed by atoms with Crippen molar-refractivity contribution in [1.29, 1.82) is 0 Å². The third-order valence-electron chi connectivity index (χ3n) is 4.53. The van der Waals surface area contributed by atoms with E-state index in [1.165, 1.54) is 0 Å². The van der Waals surface area contributed by atoms with Gasteiger partial charge in [-0.1, -0.05) is 36.4 Å². The van der Waals surface area contributed by atoms with Gasteiger partial charge in [0.1, 0.15) is 5.75 Å². The average molecular weight is 447 g/mol. The van der Waals surface area contributed by atoms with Gasteiger partial charge in [0.15, 0.2) is 0 Å². The predicted molar refractivity (Wildman–Crippen MR) is 119 cm³/mol. The van der Waals surface area contributed by atoms with Crippen LogP contribution < -0.4 is 9.64 Å². The number of amides is 1. The van der Waals surface area contributed by atoms with E-state index in [-0.39, 0.29) is 5.91 Å². The van der Waals surface area contributed by atoms with Gasteiger partial charge >= 0.3 is 0 Å². The summed E-state index contributed by atoms with van der Waals surface area (Å²) in [6.07, 6.45) is 7.21. The number of carbonyl (C=O) groups excluding carboxylic acids is 1. The summed E-state index contributed by atoms with van der Waals surface area (Å²) in [4.78, 5) is 19.2. The molecule has 0 aliphatic carbocycles. The van der Waals surface area contributed by atoms with E-state index in [1.807, 2.05) is 79.7 Å². The lowest BCUT2D eigenvalue weighted by Crippen LogP contribution is -2.25. The molecule has 0 atom stereocenters. The van der Waals surface area contributed by atoms with Crippen molar-refractivity contribution in [1.82, 2.24) is 4.98 Å². The molecule has 4 rings (SSSR count). The highest BCUT2D eigenvalue weighted by Crippen LogP contribution is 2.35. The van der Waals surface area contributed by atoms with Crippen molar-refractivity contribution in [3.8, 4) is 5.75 Å². The Morgan fingerprint density at radius 1 is 1.10 bits per heavy atom. The van der Waals surface area contributed by atoms with Crippen molar-refractivity contribution in [2.75, 3.05) is 11.5 Å². The Labute approximate surface area is 178 Å². The molecule has 1 aromatic heterocycles. The lowest BCUT2D eigenvalue weighted by Gasteiger charge is -2.20. The minimum Gasteiger partial charge on any atom is -0.493 e. The van der Waals surface area contributed by atoms with E-state index in [9.17, 15) is 4.79 Å². The Balaban J connectivity index is 1.76. The number of nitrogens with zero attached hydrogens (tertiary/aromatic N) is 2. The molecule has 29 heavy (non-hydrogen) atoms. The number of pyridine rings is 1. The SMILES string of the molecule is CCOc1ccc(/C=C2\C=C(c3ccccc3)N(c3cccnc3)C2=O)cc1Br. The lowest BCUT2D eigenvalue weighted by molar-refractivity contribution is -0.113. The monoisotopic (exact) mass is 446 g/mol. The standard InChI is InChI=1S/C24H19BrN2O2/c1-2-29-23-11-10-17(14-21(23)25)13-19-15-22(18-7-4-3-5-8-18)27(24(19)28)20-9-6-12-26-16-20/h3-16H,2H2,1H3/b19-13+. The van der Waals surface area contributed by atoms with Gasteiger partial charge in [0.2, 0.25) is 0 Å². The van der Waals surface area contributed by atoms with Crippen LogP contribution in [-0.4, -0.2) is 17.5 Å². The van der Waals surface area contributed by atoms with E-state index in [4.69, 9.17) is 4.74 Å². The largest absolute Gasteiger partial charge is 0.493 e. The molecule has 144 valence electrons. The van der Waals surface area contributed by atoms with Gasteiger partial charge in [0.05, 0.1) is 28.7 Å². The summed E-state index contributed by atoms with van der Waals surface area (Å²) in [6, 6.07) is 19.4. The third kappa shape index (κ3) is 4.00. The fraction of sp³-hybridized carbons (Fsp3) is 0.0833. The Bertz CT molecular complexity index is 1090. The number of ether oxygens (including phenoxy) is 1. The van der Waals surface area contributed by atoms with Crippen LogP contribution in [0.25, 0.3) is 11.8 Å². The first-order valence-electron chi connectivity index (χ1n) is 9.33. The predicted octanol–water partition coefficient (Wildman–Crippen LogP) is 5.71. The molecule has 5 heteroatoms. The van der Waals surface area contributed by atoms with E-state index in [0.717, 1.165) is 32.7 Å². The maximum Gasteiger partial charge on any atom is 0.263 e. The Kier molecular flexibility index (Phi) is 5.58. The molecule has 1 aliphatic rings. The number of hydrogen-bond acceptors (Lipinski definition) is 3. The summed E-state index contributed by atoms with van der Waals surface area (Å²) >= 11 is 3.54. The first-order chi connectivity index (χ1) is 14.2. The molecule has 2 heterocycles. The van der Waals surface area contributed by atoms with Gasteiger partial charge < -0.3 is 4.74 Å². The van der Waals surface area contributed by atoms with E-state index in [1.54, 1.807) is 17.3 Å². The van der Waals surface area contributed by atoms with E-state index < -0.39 is 0 Å². The Hall–Kier alpha value is -3.18. The average Bonchev–Trinajstić information content (AvgIpc) is 3.07. The topological polar surface area (TPSA) is 42.4 Å². The smallest absolute Gasteiger partial charge is 0.263 e. The lowest BCUT2D eigenvalue weighted by atomic mass is 10.1. The molecule has 0 saturated carbocycles. The maximum absolute atomic E-state index is 13.3. The highest BCUT2D eigenvalue weighted by atomic mass is 79.9. The normalized spacial score (nSPS) is 15.0. The van der Waals surface area contributed by atoms with Crippen molar-refractivity contribution in [2.45, 2.75) is 6.92 Å². The van der Waals surface area contributed by atoms with Gasteiger partial charge in [-0.05, 0) is 70.4 Å². The molecular formula is C24H19BrN2O2. The first-order valence-corrected chi connectivity index (χ1v) is 10.1. The second-order valence-corrected chi connectivity index (χ2v) is 7.32. The molecule has 0 radical (unpaired) electrons. The van der Waals surface area contributed by atoms with Crippen LogP contribution >= 0.6 is 15.9 Å². The van der Waals surface area contributed by atoms with Crippen LogP contribution in [0, 0.1) is 0 Å². The quantitative estimate of drug-likeness (QED) is 0.471. The van der Waals surface area contributed by atoms with Gasteiger partial charge in [0, 0.05) is 11.8 Å². The van der Waals surface area contributed by atoms with Crippen LogP contribution in [0.5, 0.6) is 5.75 Å². The Morgan fingerprint density at radius 2 is 1.93 bits per heavy atom. The minimum atomic E-state index is -0.0816. The second-order valence-electron chi connectivity index (χ2n) is 6.47. The van der Waals surface area contributed by atoms with Crippen molar-refractivity contribution in [2.24, 2.45) is 0 Å². The number of aromatic nitrogens is 1. The zero-order valence-electron chi connectivity index (χ0n) is 15.9. The van der Waals surface area contributed by atoms with Gasteiger partial charge in [-0.25, -0.2) is 0 Å². The second kappa shape index (κ2) is 8.45. The van der Waals surface area contributed by atoms with Crippen LogP contribution in [0.2, 0.25) is 0 Å². The molecule has 0 saturated heterocycles. The molecule has 0 spiro atoms. The van der Waals surface area contributed by atoms with Crippen LogP contribution in [0.3, 0.4) is 0 Å². The first kappa shape index (κ1) is 19.2. The third-order valence-corrected chi connectivity index (χ3v) is 5.15. The zero-order valence-corrected chi connectivity index (χ0v) is 17.5. The summed E-state index contributed by atoms with van der Waals surface area (Å²) in [5.74, 6) is 0.701. The number of rotatable bonds is 5. The number of anilines is 1. The molecule has 1 aliphatic heterocycles. The van der Waals surface area contributed by atoms with E-state index in [0.29, 0.717) is 12.2 Å². The molecule has 3 aromatic rings. The fourth-order valence-electron chi connectivity index (χ4n) is 3.24. The molecule has 2 aromatic carbocycles. The number of halogens is 1. The van der Waals surface area contributed by atoms with Crippen LogP contribution in [0.4, 0.5) is 5.69 Å². The van der Waals surface area contributed by atoms with Gasteiger partial charge in [-0.2, -0.15) is 0 Å². The summed E-state index contributed by atoms with van der Waals surface area (Å²) in [7, 11) is 0. The molecule has 0 bridgehead atoms. The zero-order chi connectivity index (χ0) is 20.2. The van der Waals surface area contributed by atoms with Crippen LogP contribution in [0.1, 0.15) is 18.1 Å². The maximum atomic E-state index is 13.3. The van der Waals surface area contributed by atoms with Gasteiger partial charge in [0.25, 0.3) is 5.91 Å². The van der Waals surface area contributed by atoms with Crippen molar-refractivity contribution in [3.05, 3.63) is 100 Å². The molecule has 1 amide bonds. The molecule has 0 N–H and O–H groups in total. The van der Waals surface area contributed by atoms with Crippen LogP contribution in [0.15, 0.2) is 89.2 Å². The van der Waals surface area contributed by atoms with Crippen molar-refractivity contribution >= 4 is 39.3 Å². The number of hydrogen-bond donors (Lipinski definition) is 0. The van der Waals surface area contributed by atoms with Crippen LogP contribution in [-0.2, 0) is 4.79 Å². The van der Waals surface area contributed by atoms with E-state index in [2.05, 4.69) is 20.9 Å². The fourth-order valence-corrected chi connectivity index (χ4v) is 3.75. The highest BCUT2D eigenvalue weighted by molar-refractivity contribution is 9.10. The number of benzene rings is 2. The van der Waals surface area contributed by atoms with Gasteiger partial charge in [-0.3, -0.25) is 14.7 Å².